The summed E-state index contributed by atoms with van der Waals surface area (Å²) in [4.78, 5) is 32.6. The number of piperazine rings is 1. The lowest BCUT2D eigenvalue weighted by Crippen LogP contribution is -2.50. The van der Waals surface area contributed by atoms with Gasteiger partial charge in [-0.1, -0.05) is 23.2 Å². The van der Waals surface area contributed by atoms with Gasteiger partial charge in [-0.05, 0) is 31.2 Å². The summed E-state index contributed by atoms with van der Waals surface area (Å²) in [5.74, 6) is -0.205. The van der Waals surface area contributed by atoms with Crippen LogP contribution in [0.4, 0.5) is 0 Å². The molecular weight excluding hydrogens is 393 g/mol. The van der Waals surface area contributed by atoms with Crippen molar-refractivity contribution in [2.45, 2.75) is 6.92 Å². The van der Waals surface area contributed by atoms with Crippen LogP contribution in [0.2, 0.25) is 10.0 Å². The van der Waals surface area contributed by atoms with Gasteiger partial charge in [0.15, 0.2) is 0 Å². The van der Waals surface area contributed by atoms with Gasteiger partial charge in [0.05, 0.1) is 10.7 Å². The van der Waals surface area contributed by atoms with Crippen molar-refractivity contribution >= 4 is 52.4 Å². The molecule has 3 rings (SSSR count). The summed E-state index contributed by atoms with van der Waals surface area (Å²) in [5, 5.41) is 3.73. The van der Waals surface area contributed by atoms with E-state index in [0.29, 0.717) is 41.8 Å². The standard InChI is InChI=1S/C18H17Cl2N3O2S/c1-12-21-16(11-26-12)2-3-17(24)22-4-6-23(7-5-22)18(25)13-8-14(19)10-15(20)9-13/h2-3,8-11H,4-7H2,1H3/b3-2+. The molecule has 0 saturated carbocycles. The van der Waals surface area contributed by atoms with Crippen molar-refractivity contribution in [3.05, 3.63) is 56.0 Å². The molecule has 8 heteroatoms. The fourth-order valence-electron chi connectivity index (χ4n) is 2.71. The van der Waals surface area contributed by atoms with Crippen molar-refractivity contribution in [3.8, 4) is 0 Å². The Morgan fingerprint density at radius 2 is 1.69 bits per heavy atom. The zero-order chi connectivity index (χ0) is 18.7. The number of hydrogen-bond acceptors (Lipinski definition) is 4. The molecule has 0 bridgehead atoms. The molecule has 2 heterocycles. The highest BCUT2D eigenvalue weighted by atomic mass is 35.5. The predicted molar refractivity (Wildman–Crippen MR) is 105 cm³/mol. The Morgan fingerprint density at radius 1 is 1.08 bits per heavy atom. The van der Waals surface area contributed by atoms with Gasteiger partial charge >= 0.3 is 0 Å². The number of hydrogen-bond donors (Lipinski definition) is 0. The third kappa shape index (κ3) is 4.63. The van der Waals surface area contributed by atoms with Crippen LogP contribution in [0.3, 0.4) is 0 Å². The fraction of sp³-hybridized carbons (Fsp3) is 0.278. The lowest BCUT2D eigenvalue weighted by Gasteiger charge is -2.34. The summed E-state index contributed by atoms with van der Waals surface area (Å²) in [6.45, 7) is 3.84. The number of aromatic nitrogens is 1. The Kier molecular flexibility index (Phi) is 5.96. The van der Waals surface area contributed by atoms with E-state index < -0.39 is 0 Å². The number of amides is 2. The van der Waals surface area contributed by atoms with E-state index in [4.69, 9.17) is 23.2 Å². The van der Waals surface area contributed by atoms with E-state index in [0.717, 1.165) is 10.7 Å². The first-order valence-corrected chi connectivity index (χ1v) is 9.70. The third-order valence-electron chi connectivity index (χ3n) is 4.02. The van der Waals surface area contributed by atoms with Crippen molar-refractivity contribution < 1.29 is 9.59 Å². The molecule has 1 aromatic heterocycles. The first kappa shape index (κ1) is 18.9. The number of carbonyl (C=O) groups excluding carboxylic acids is 2. The van der Waals surface area contributed by atoms with Crippen LogP contribution in [-0.2, 0) is 4.79 Å². The SMILES string of the molecule is Cc1nc(/C=C/C(=O)N2CCN(C(=O)c3cc(Cl)cc(Cl)c3)CC2)cs1. The molecule has 1 aliphatic rings. The lowest BCUT2D eigenvalue weighted by molar-refractivity contribution is -0.127. The fourth-order valence-corrected chi connectivity index (χ4v) is 3.82. The van der Waals surface area contributed by atoms with Crippen molar-refractivity contribution in [1.82, 2.24) is 14.8 Å². The van der Waals surface area contributed by atoms with Gasteiger partial charge in [0.1, 0.15) is 0 Å². The summed E-state index contributed by atoms with van der Waals surface area (Å²) in [7, 11) is 0. The Balaban J connectivity index is 1.57. The molecule has 2 aromatic rings. The van der Waals surface area contributed by atoms with Crippen LogP contribution in [-0.4, -0.2) is 52.8 Å². The van der Waals surface area contributed by atoms with Crippen LogP contribution in [0.15, 0.2) is 29.7 Å². The zero-order valence-corrected chi connectivity index (χ0v) is 16.4. The summed E-state index contributed by atoms with van der Waals surface area (Å²) in [6.07, 6.45) is 3.25. The van der Waals surface area contributed by atoms with E-state index in [1.165, 1.54) is 6.08 Å². The highest BCUT2D eigenvalue weighted by Crippen LogP contribution is 2.21. The van der Waals surface area contributed by atoms with Crippen LogP contribution >= 0.6 is 34.5 Å². The van der Waals surface area contributed by atoms with Crippen LogP contribution in [0.25, 0.3) is 6.08 Å². The number of thiazole rings is 1. The van der Waals surface area contributed by atoms with Crippen molar-refractivity contribution in [2.24, 2.45) is 0 Å². The van der Waals surface area contributed by atoms with Gasteiger partial charge in [-0.15, -0.1) is 11.3 Å². The molecule has 0 unspecified atom stereocenters. The first-order chi connectivity index (χ1) is 12.4. The maximum Gasteiger partial charge on any atom is 0.254 e. The average molecular weight is 410 g/mol. The lowest BCUT2D eigenvalue weighted by atomic mass is 10.2. The predicted octanol–water partition coefficient (Wildman–Crippen LogP) is 3.76. The van der Waals surface area contributed by atoms with Gasteiger partial charge in [0.2, 0.25) is 5.91 Å². The number of benzene rings is 1. The number of aryl methyl sites for hydroxylation is 1. The summed E-state index contributed by atoms with van der Waals surface area (Å²) >= 11 is 13.5. The molecule has 136 valence electrons. The van der Waals surface area contributed by atoms with Gasteiger partial charge in [0.25, 0.3) is 5.91 Å². The molecule has 1 aliphatic heterocycles. The molecule has 0 atom stereocenters. The maximum atomic E-state index is 12.6. The minimum absolute atomic E-state index is 0.0754. The molecule has 26 heavy (non-hydrogen) atoms. The van der Waals surface area contributed by atoms with Crippen molar-refractivity contribution in [3.63, 3.8) is 0 Å². The molecule has 2 amide bonds. The molecule has 5 nitrogen and oxygen atoms in total. The zero-order valence-electron chi connectivity index (χ0n) is 14.1. The van der Waals surface area contributed by atoms with Gasteiger partial charge in [-0.2, -0.15) is 0 Å². The average Bonchev–Trinajstić information content (AvgIpc) is 3.03. The van der Waals surface area contributed by atoms with Crippen molar-refractivity contribution in [1.29, 1.82) is 0 Å². The molecule has 1 fully saturated rings. The normalized spacial score (nSPS) is 14.9. The Hall–Kier alpha value is -1.89. The minimum atomic E-state index is -0.130. The van der Waals surface area contributed by atoms with E-state index in [2.05, 4.69) is 4.98 Å². The third-order valence-corrected chi connectivity index (χ3v) is 5.25. The molecule has 1 aromatic carbocycles. The van der Waals surface area contributed by atoms with Gasteiger partial charge in [-0.3, -0.25) is 9.59 Å². The first-order valence-electron chi connectivity index (χ1n) is 8.07. The second kappa shape index (κ2) is 8.20. The summed E-state index contributed by atoms with van der Waals surface area (Å²) in [5.41, 5.74) is 1.24. The Morgan fingerprint density at radius 3 is 2.27 bits per heavy atom. The van der Waals surface area contributed by atoms with E-state index in [1.807, 2.05) is 12.3 Å². The van der Waals surface area contributed by atoms with E-state index in [9.17, 15) is 9.59 Å². The summed E-state index contributed by atoms with van der Waals surface area (Å²) < 4.78 is 0. The van der Waals surface area contributed by atoms with Crippen LogP contribution in [0.1, 0.15) is 21.1 Å². The molecule has 0 N–H and O–H groups in total. The number of rotatable bonds is 3. The quantitative estimate of drug-likeness (QED) is 0.725. The van der Waals surface area contributed by atoms with Crippen LogP contribution in [0, 0.1) is 6.92 Å². The van der Waals surface area contributed by atoms with E-state index >= 15 is 0 Å². The van der Waals surface area contributed by atoms with Crippen molar-refractivity contribution in [2.75, 3.05) is 26.2 Å². The number of carbonyl (C=O) groups is 2. The van der Waals surface area contributed by atoms with Gasteiger partial charge < -0.3 is 9.80 Å². The molecule has 0 radical (unpaired) electrons. The van der Waals surface area contributed by atoms with E-state index in [1.54, 1.807) is 45.4 Å². The summed E-state index contributed by atoms with van der Waals surface area (Å²) in [6, 6.07) is 4.80. The van der Waals surface area contributed by atoms with Crippen LogP contribution < -0.4 is 0 Å². The Labute approximate surface area is 165 Å². The van der Waals surface area contributed by atoms with Crippen LogP contribution in [0.5, 0.6) is 0 Å². The Bertz CT molecular complexity index is 838. The second-order valence-corrected chi connectivity index (χ2v) is 7.84. The molecular formula is C18H17Cl2N3O2S. The van der Waals surface area contributed by atoms with Gasteiger partial charge in [-0.25, -0.2) is 4.98 Å². The highest BCUT2D eigenvalue weighted by Gasteiger charge is 2.24. The monoisotopic (exact) mass is 409 g/mol. The van der Waals surface area contributed by atoms with E-state index in [-0.39, 0.29) is 11.8 Å². The topological polar surface area (TPSA) is 53.5 Å². The smallest absolute Gasteiger partial charge is 0.254 e. The highest BCUT2D eigenvalue weighted by molar-refractivity contribution is 7.09. The molecule has 0 aliphatic carbocycles. The number of halogens is 2. The number of nitrogens with zero attached hydrogens (tertiary/aromatic N) is 3. The largest absolute Gasteiger partial charge is 0.336 e. The van der Waals surface area contributed by atoms with Gasteiger partial charge in [0, 0.05) is 53.2 Å². The second-order valence-electron chi connectivity index (χ2n) is 5.90. The molecule has 1 saturated heterocycles. The minimum Gasteiger partial charge on any atom is -0.336 e. The molecule has 0 spiro atoms. The maximum absolute atomic E-state index is 12.6.